The Hall–Kier alpha value is -2.01. The van der Waals surface area contributed by atoms with Crippen molar-refractivity contribution in [1.82, 2.24) is 9.78 Å². The second-order valence-corrected chi connectivity index (χ2v) is 4.90. The molecule has 2 aromatic carbocycles. The Morgan fingerprint density at radius 1 is 1.11 bits per heavy atom. The number of rotatable bonds is 1. The molecular formula is C14H8BrFN2O. The third-order valence-corrected chi connectivity index (χ3v) is 3.50. The predicted molar refractivity (Wildman–Crippen MR) is 75.0 cm³/mol. The highest BCUT2D eigenvalue weighted by molar-refractivity contribution is 9.10. The van der Waals surface area contributed by atoms with E-state index < -0.39 is 0 Å². The average molecular weight is 319 g/mol. The number of fused-ring (bicyclic) bond motifs is 1. The maximum atomic E-state index is 12.9. The van der Waals surface area contributed by atoms with Gasteiger partial charge in [0.1, 0.15) is 5.82 Å². The highest BCUT2D eigenvalue weighted by Gasteiger charge is 2.08. The van der Waals surface area contributed by atoms with Crippen LogP contribution in [0.2, 0.25) is 0 Å². The molecule has 0 saturated heterocycles. The first-order valence-corrected chi connectivity index (χ1v) is 6.38. The van der Waals surface area contributed by atoms with Crippen molar-refractivity contribution < 1.29 is 4.39 Å². The molecule has 3 aromatic rings. The number of nitrogens with zero attached hydrogens (tertiary/aromatic N) is 2. The Bertz CT molecular complexity index is 812. The van der Waals surface area contributed by atoms with E-state index in [0.717, 1.165) is 5.39 Å². The van der Waals surface area contributed by atoms with Crippen molar-refractivity contribution in [2.75, 3.05) is 0 Å². The van der Waals surface area contributed by atoms with Gasteiger partial charge in [-0.1, -0.05) is 12.1 Å². The zero-order valence-electron chi connectivity index (χ0n) is 9.68. The SMILES string of the molecule is O=c1c2c(Br)cccc2cnn1-c1ccc(F)cc1. The van der Waals surface area contributed by atoms with E-state index in [2.05, 4.69) is 21.0 Å². The van der Waals surface area contributed by atoms with Gasteiger partial charge >= 0.3 is 0 Å². The van der Waals surface area contributed by atoms with Crippen LogP contribution in [-0.4, -0.2) is 9.78 Å². The molecule has 0 bridgehead atoms. The molecule has 3 nitrogen and oxygen atoms in total. The van der Waals surface area contributed by atoms with Crippen LogP contribution in [0, 0.1) is 5.82 Å². The molecule has 0 amide bonds. The van der Waals surface area contributed by atoms with Crippen molar-refractivity contribution in [3.05, 3.63) is 69.3 Å². The predicted octanol–water partition coefficient (Wildman–Crippen LogP) is 3.29. The fourth-order valence-corrected chi connectivity index (χ4v) is 2.47. The second-order valence-electron chi connectivity index (χ2n) is 4.04. The average Bonchev–Trinajstić information content (AvgIpc) is 2.40. The maximum Gasteiger partial charge on any atom is 0.280 e. The summed E-state index contributed by atoms with van der Waals surface area (Å²) in [5.74, 6) is -0.348. The highest BCUT2D eigenvalue weighted by atomic mass is 79.9. The molecule has 0 aliphatic carbocycles. The highest BCUT2D eigenvalue weighted by Crippen LogP contribution is 2.20. The third-order valence-electron chi connectivity index (χ3n) is 2.84. The van der Waals surface area contributed by atoms with Crippen LogP contribution in [0.4, 0.5) is 4.39 Å². The smallest absolute Gasteiger partial charge is 0.267 e. The van der Waals surface area contributed by atoms with E-state index in [1.165, 1.54) is 28.9 Å². The first-order chi connectivity index (χ1) is 9.16. The van der Waals surface area contributed by atoms with Gasteiger partial charge in [-0.2, -0.15) is 9.78 Å². The summed E-state index contributed by atoms with van der Waals surface area (Å²) in [6, 6.07) is 11.1. The van der Waals surface area contributed by atoms with Crippen molar-refractivity contribution in [3.8, 4) is 5.69 Å². The van der Waals surface area contributed by atoms with E-state index in [1.807, 2.05) is 12.1 Å². The van der Waals surface area contributed by atoms with Crippen LogP contribution in [0.3, 0.4) is 0 Å². The monoisotopic (exact) mass is 318 g/mol. The fraction of sp³-hybridized carbons (Fsp3) is 0. The van der Waals surface area contributed by atoms with E-state index in [-0.39, 0.29) is 11.4 Å². The van der Waals surface area contributed by atoms with Gasteiger partial charge in [-0.05, 0) is 46.3 Å². The topological polar surface area (TPSA) is 34.9 Å². The third kappa shape index (κ3) is 2.06. The largest absolute Gasteiger partial charge is 0.280 e. The number of halogens is 2. The van der Waals surface area contributed by atoms with Gasteiger partial charge < -0.3 is 0 Å². The molecule has 0 N–H and O–H groups in total. The van der Waals surface area contributed by atoms with Gasteiger partial charge in [0.25, 0.3) is 5.56 Å². The van der Waals surface area contributed by atoms with Gasteiger partial charge in [-0.3, -0.25) is 4.79 Å². The van der Waals surface area contributed by atoms with Crippen molar-refractivity contribution >= 4 is 26.7 Å². The zero-order valence-corrected chi connectivity index (χ0v) is 11.3. The number of hydrogen-bond acceptors (Lipinski definition) is 2. The lowest BCUT2D eigenvalue weighted by atomic mass is 10.2. The molecule has 1 heterocycles. The molecule has 0 saturated carbocycles. The van der Waals surface area contributed by atoms with E-state index in [0.29, 0.717) is 15.5 Å². The second kappa shape index (κ2) is 4.59. The molecule has 94 valence electrons. The molecule has 5 heteroatoms. The van der Waals surface area contributed by atoms with Gasteiger partial charge in [0, 0.05) is 9.86 Å². The molecule has 0 aliphatic heterocycles. The number of hydrogen-bond donors (Lipinski definition) is 0. The molecule has 0 unspecified atom stereocenters. The minimum atomic E-state index is -0.348. The molecule has 0 aliphatic rings. The normalized spacial score (nSPS) is 10.8. The quantitative estimate of drug-likeness (QED) is 0.690. The molecule has 0 radical (unpaired) electrons. The van der Waals surface area contributed by atoms with Gasteiger partial charge in [-0.25, -0.2) is 4.39 Å². The molecule has 0 fully saturated rings. The summed E-state index contributed by atoms with van der Waals surface area (Å²) in [7, 11) is 0. The van der Waals surface area contributed by atoms with Gasteiger partial charge in [0.2, 0.25) is 0 Å². The summed E-state index contributed by atoms with van der Waals surface area (Å²) in [5.41, 5.74) is 0.292. The summed E-state index contributed by atoms with van der Waals surface area (Å²) in [6.07, 6.45) is 1.62. The number of aromatic nitrogens is 2. The summed E-state index contributed by atoms with van der Waals surface area (Å²) in [4.78, 5) is 12.4. The number of benzene rings is 2. The Morgan fingerprint density at radius 2 is 1.84 bits per heavy atom. The van der Waals surface area contributed by atoms with Gasteiger partial charge in [0.15, 0.2) is 0 Å². The lowest BCUT2D eigenvalue weighted by Crippen LogP contribution is -2.21. The standard InChI is InChI=1S/C14H8BrFN2O/c15-12-3-1-2-9-8-17-18(14(19)13(9)12)11-6-4-10(16)5-7-11/h1-8H. The first kappa shape index (κ1) is 12.0. The summed E-state index contributed by atoms with van der Waals surface area (Å²) in [5, 5.41) is 5.43. The lowest BCUT2D eigenvalue weighted by Gasteiger charge is -2.06. The van der Waals surface area contributed by atoms with Crippen LogP contribution in [0.25, 0.3) is 16.5 Å². The maximum absolute atomic E-state index is 12.9. The zero-order chi connectivity index (χ0) is 13.4. The van der Waals surface area contributed by atoms with Crippen LogP contribution in [0.5, 0.6) is 0 Å². The van der Waals surface area contributed by atoms with E-state index in [1.54, 1.807) is 12.3 Å². The first-order valence-electron chi connectivity index (χ1n) is 5.59. The Labute approximate surface area is 116 Å². The molecule has 19 heavy (non-hydrogen) atoms. The van der Waals surface area contributed by atoms with E-state index >= 15 is 0 Å². The summed E-state index contributed by atoms with van der Waals surface area (Å²) in [6.45, 7) is 0. The Kier molecular flexibility index (Phi) is 2.91. The molecule has 0 atom stereocenters. The van der Waals surface area contributed by atoms with Crippen LogP contribution in [-0.2, 0) is 0 Å². The van der Waals surface area contributed by atoms with Gasteiger partial charge in [0.05, 0.1) is 17.3 Å². The van der Waals surface area contributed by atoms with Crippen molar-refractivity contribution in [2.24, 2.45) is 0 Å². The fourth-order valence-electron chi connectivity index (χ4n) is 1.92. The molecule has 0 spiro atoms. The molecule has 1 aromatic heterocycles. The van der Waals surface area contributed by atoms with Crippen LogP contribution in [0.15, 0.2) is 57.9 Å². The minimum Gasteiger partial charge on any atom is -0.267 e. The van der Waals surface area contributed by atoms with Crippen molar-refractivity contribution in [3.63, 3.8) is 0 Å². The summed E-state index contributed by atoms with van der Waals surface area (Å²) >= 11 is 3.36. The Balaban J connectivity index is 2.32. The lowest BCUT2D eigenvalue weighted by molar-refractivity contribution is 0.626. The van der Waals surface area contributed by atoms with Crippen LogP contribution < -0.4 is 5.56 Å². The molecule has 3 rings (SSSR count). The summed E-state index contributed by atoms with van der Waals surface area (Å²) < 4.78 is 14.9. The van der Waals surface area contributed by atoms with E-state index in [4.69, 9.17) is 0 Å². The van der Waals surface area contributed by atoms with E-state index in [9.17, 15) is 9.18 Å². The Morgan fingerprint density at radius 3 is 2.58 bits per heavy atom. The minimum absolute atomic E-state index is 0.239. The van der Waals surface area contributed by atoms with Crippen LogP contribution >= 0.6 is 15.9 Å². The van der Waals surface area contributed by atoms with Gasteiger partial charge in [-0.15, -0.1) is 0 Å². The van der Waals surface area contributed by atoms with Crippen molar-refractivity contribution in [1.29, 1.82) is 0 Å². The van der Waals surface area contributed by atoms with Crippen molar-refractivity contribution in [2.45, 2.75) is 0 Å². The van der Waals surface area contributed by atoms with Crippen LogP contribution in [0.1, 0.15) is 0 Å². The molecular weight excluding hydrogens is 311 g/mol.